The van der Waals surface area contributed by atoms with Crippen LogP contribution in [0.2, 0.25) is 0 Å². The van der Waals surface area contributed by atoms with Crippen LogP contribution in [0.5, 0.6) is 0 Å². The molecular formula is C27H26N2O. The van der Waals surface area contributed by atoms with Crippen LogP contribution < -0.4 is 5.32 Å². The minimum atomic E-state index is 0.161. The van der Waals surface area contributed by atoms with Gasteiger partial charge in [-0.2, -0.15) is 0 Å². The van der Waals surface area contributed by atoms with E-state index in [1.165, 1.54) is 27.5 Å². The first-order chi connectivity index (χ1) is 14.9. The van der Waals surface area contributed by atoms with Crippen LogP contribution in [0.15, 0.2) is 91.3 Å². The van der Waals surface area contributed by atoms with Crippen molar-refractivity contribution in [2.24, 2.45) is 0 Å². The van der Waals surface area contributed by atoms with Crippen LogP contribution in [0.25, 0.3) is 21.9 Å². The smallest absolute Gasteiger partial charge is 0.0772 e. The molecule has 150 valence electrons. The summed E-state index contributed by atoms with van der Waals surface area (Å²) in [5.74, 6) is 0.392. The zero-order chi connectivity index (χ0) is 20.2. The molecule has 3 heteroatoms. The summed E-state index contributed by atoms with van der Waals surface area (Å²) in [7, 11) is 0. The Kier molecular flexibility index (Phi) is 5.56. The van der Waals surface area contributed by atoms with Crippen molar-refractivity contribution >= 4 is 10.8 Å². The second-order valence-electron chi connectivity index (χ2n) is 8.00. The molecule has 1 saturated heterocycles. The van der Waals surface area contributed by atoms with E-state index in [1.54, 1.807) is 0 Å². The Bertz CT molecular complexity index is 1130. The fourth-order valence-electron chi connectivity index (χ4n) is 4.40. The van der Waals surface area contributed by atoms with Crippen molar-refractivity contribution in [3.05, 3.63) is 102 Å². The fourth-order valence-corrected chi connectivity index (χ4v) is 4.40. The highest BCUT2D eigenvalue weighted by atomic mass is 16.5. The normalized spacial score (nSPS) is 19.1. The maximum absolute atomic E-state index is 6.46. The molecule has 30 heavy (non-hydrogen) atoms. The highest BCUT2D eigenvalue weighted by Crippen LogP contribution is 2.31. The van der Waals surface area contributed by atoms with Crippen LogP contribution in [-0.2, 0) is 11.3 Å². The topological polar surface area (TPSA) is 34.2 Å². The van der Waals surface area contributed by atoms with Crippen molar-refractivity contribution < 1.29 is 4.74 Å². The minimum absolute atomic E-state index is 0.161. The van der Waals surface area contributed by atoms with Gasteiger partial charge in [-0.25, -0.2) is 0 Å². The van der Waals surface area contributed by atoms with Gasteiger partial charge in [-0.1, -0.05) is 66.7 Å². The number of nitrogens with zero attached hydrogens (tertiary/aromatic N) is 1. The zero-order valence-corrected chi connectivity index (χ0v) is 17.0. The lowest BCUT2D eigenvalue weighted by atomic mass is 9.86. The Balaban J connectivity index is 1.34. The van der Waals surface area contributed by atoms with E-state index >= 15 is 0 Å². The van der Waals surface area contributed by atoms with Crippen LogP contribution in [0, 0.1) is 0 Å². The van der Waals surface area contributed by atoms with Gasteiger partial charge in [0, 0.05) is 24.9 Å². The molecule has 4 aromatic rings. The predicted molar refractivity (Wildman–Crippen MR) is 122 cm³/mol. The van der Waals surface area contributed by atoms with E-state index in [0.29, 0.717) is 12.5 Å². The van der Waals surface area contributed by atoms with Crippen LogP contribution in [-0.4, -0.2) is 24.2 Å². The highest BCUT2D eigenvalue weighted by Gasteiger charge is 2.27. The first-order valence-corrected chi connectivity index (χ1v) is 10.7. The lowest BCUT2D eigenvalue weighted by Gasteiger charge is -2.33. The van der Waals surface area contributed by atoms with Gasteiger partial charge in [-0.15, -0.1) is 0 Å². The number of fused-ring (bicyclic) bond motifs is 1. The lowest BCUT2D eigenvalue weighted by molar-refractivity contribution is 0.0107. The van der Waals surface area contributed by atoms with E-state index < -0.39 is 0 Å². The molecule has 0 aliphatic carbocycles. The number of rotatable bonds is 5. The first kappa shape index (κ1) is 19.0. The summed E-state index contributed by atoms with van der Waals surface area (Å²) in [6.45, 7) is 2.54. The van der Waals surface area contributed by atoms with E-state index in [0.717, 1.165) is 25.1 Å². The Morgan fingerprint density at radius 1 is 0.867 bits per heavy atom. The standard InChI is InChI=1S/C27H26N2O/c1-2-6-22-15-20(10-11-21(22)5-1)19-30-27-18-29-14-12-26(27)24-8-3-7-23(16-24)25-9-4-13-28-17-25/h1-11,13,15-17,26-27,29H,12,14,18-19H2/t26-,27?/m1/s1. The summed E-state index contributed by atoms with van der Waals surface area (Å²) in [6, 6.07) is 28.0. The zero-order valence-electron chi connectivity index (χ0n) is 17.0. The molecule has 1 unspecified atom stereocenters. The van der Waals surface area contributed by atoms with Gasteiger partial charge < -0.3 is 10.1 Å². The van der Waals surface area contributed by atoms with Crippen molar-refractivity contribution in [1.82, 2.24) is 10.3 Å². The molecule has 0 spiro atoms. The van der Waals surface area contributed by atoms with Crippen LogP contribution in [0.3, 0.4) is 0 Å². The Morgan fingerprint density at radius 3 is 2.67 bits per heavy atom. The second-order valence-corrected chi connectivity index (χ2v) is 8.00. The Labute approximate surface area is 177 Å². The van der Waals surface area contributed by atoms with Gasteiger partial charge in [0.1, 0.15) is 0 Å². The van der Waals surface area contributed by atoms with E-state index in [9.17, 15) is 0 Å². The molecule has 0 bridgehead atoms. The Morgan fingerprint density at radius 2 is 1.77 bits per heavy atom. The molecule has 2 heterocycles. The van der Waals surface area contributed by atoms with E-state index in [4.69, 9.17) is 4.74 Å². The molecule has 2 atom stereocenters. The van der Waals surface area contributed by atoms with Crippen LogP contribution in [0.4, 0.5) is 0 Å². The molecule has 0 amide bonds. The number of hydrogen-bond acceptors (Lipinski definition) is 3. The van der Waals surface area contributed by atoms with Gasteiger partial charge in [-0.3, -0.25) is 4.98 Å². The fraction of sp³-hybridized carbons (Fsp3) is 0.222. The summed E-state index contributed by atoms with van der Waals surface area (Å²) < 4.78 is 6.46. The molecule has 1 aromatic heterocycles. The summed E-state index contributed by atoms with van der Waals surface area (Å²) in [6.07, 6.45) is 4.99. The Hall–Kier alpha value is -3.01. The van der Waals surface area contributed by atoms with E-state index in [2.05, 4.69) is 83.1 Å². The first-order valence-electron chi connectivity index (χ1n) is 10.7. The quantitative estimate of drug-likeness (QED) is 0.481. The molecule has 3 nitrogen and oxygen atoms in total. The third-order valence-corrected chi connectivity index (χ3v) is 6.01. The van der Waals surface area contributed by atoms with Gasteiger partial charge in [0.25, 0.3) is 0 Å². The maximum Gasteiger partial charge on any atom is 0.0772 e. The average Bonchev–Trinajstić information content (AvgIpc) is 2.83. The largest absolute Gasteiger partial charge is 0.372 e. The van der Waals surface area contributed by atoms with Gasteiger partial charge in [0.2, 0.25) is 0 Å². The van der Waals surface area contributed by atoms with Gasteiger partial charge in [-0.05, 0) is 58.1 Å². The molecule has 1 aliphatic rings. The van der Waals surface area contributed by atoms with Crippen LogP contribution >= 0.6 is 0 Å². The summed E-state index contributed by atoms with van der Waals surface area (Å²) in [5, 5.41) is 6.05. The number of benzene rings is 3. The molecule has 1 aliphatic heterocycles. The molecule has 0 saturated carbocycles. The van der Waals surface area contributed by atoms with Crippen LogP contribution in [0.1, 0.15) is 23.5 Å². The number of pyridine rings is 1. The summed E-state index contributed by atoms with van der Waals surface area (Å²) in [4.78, 5) is 4.27. The monoisotopic (exact) mass is 394 g/mol. The second kappa shape index (κ2) is 8.78. The molecule has 1 N–H and O–H groups in total. The number of nitrogens with one attached hydrogen (secondary N) is 1. The summed E-state index contributed by atoms with van der Waals surface area (Å²) in [5.41, 5.74) is 4.94. The molecule has 0 radical (unpaired) electrons. The third-order valence-electron chi connectivity index (χ3n) is 6.01. The molecular weight excluding hydrogens is 368 g/mol. The molecule has 5 rings (SSSR count). The predicted octanol–water partition coefficient (Wildman–Crippen LogP) is 5.56. The van der Waals surface area contributed by atoms with Gasteiger partial charge in [0.05, 0.1) is 12.7 Å². The summed E-state index contributed by atoms with van der Waals surface area (Å²) >= 11 is 0. The molecule has 3 aromatic carbocycles. The minimum Gasteiger partial charge on any atom is -0.372 e. The van der Waals surface area contributed by atoms with Crippen molar-refractivity contribution in [2.75, 3.05) is 13.1 Å². The number of ether oxygens (including phenoxy) is 1. The van der Waals surface area contributed by atoms with Gasteiger partial charge in [0.15, 0.2) is 0 Å². The van der Waals surface area contributed by atoms with Gasteiger partial charge >= 0.3 is 0 Å². The average molecular weight is 395 g/mol. The lowest BCUT2D eigenvalue weighted by Crippen LogP contribution is -2.41. The number of piperidine rings is 1. The van der Waals surface area contributed by atoms with E-state index in [1.807, 2.05) is 18.5 Å². The SMILES string of the molecule is c1cncc(-c2cccc([C@H]3CCNCC3OCc3ccc4ccccc4c3)c2)c1. The van der Waals surface area contributed by atoms with Crippen molar-refractivity contribution in [3.63, 3.8) is 0 Å². The van der Waals surface area contributed by atoms with E-state index in [-0.39, 0.29) is 6.10 Å². The van der Waals surface area contributed by atoms with Crippen molar-refractivity contribution in [3.8, 4) is 11.1 Å². The highest BCUT2D eigenvalue weighted by molar-refractivity contribution is 5.82. The molecule has 1 fully saturated rings. The van der Waals surface area contributed by atoms with Crippen molar-refractivity contribution in [1.29, 1.82) is 0 Å². The third kappa shape index (κ3) is 4.13. The maximum atomic E-state index is 6.46. The number of aromatic nitrogens is 1. The van der Waals surface area contributed by atoms with Crippen molar-refractivity contribution in [2.45, 2.75) is 25.0 Å². The number of hydrogen-bond donors (Lipinski definition) is 1.